The van der Waals surface area contributed by atoms with Crippen LogP contribution in [0, 0.1) is 31.5 Å². The fourth-order valence-corrected chi connectivity index (χ4v) is 9.99. The summed E-state index contributed by atoms with van der Waals surface area (Å²) in [5.74, 6) is -1.76. The highest BCUT2D eigenvalue weighted by molar-refractivity contribution is 7.17. The molecule has 5 aromatic rings. The molecule has 466 valence electrons. The molecule has 0 radical (unpaired) electrons. The first-order valence-corrected chi connectivity index (χ1v) is 29.5. The lowest BCUT2D eigenvalue weighted by Gasteiger charge is -2.31. The van der Waals surface area contributed by atoms with E-state index < -0.39 is 23.9 Å². The van der Waals surface area contributed by atoms with Gasteiger partial charge in [0.05, 0.1) is 45.1 Å². The molecule has 5 heterocycles. The number of allylic oxidation sites excluding steroid dienone is 1. The third-order valence-corrected chi connectivity index (χ3v) is 15.0. The van der Waals surface area contributed by atoms with E-state index in [-0.39, 0.29) is 60.2 Å². The molecule has 3 aromatic heterocycles. The first kappa shape index (κ1) is 70.7. The number of halogens is 1. The molecule has 4 amide bonds. The van der Waals surface area contributed by atoms with Crippen LogP contribution in [0.2, 0.25) is 0 Å². The summed E-state index contributed by atoms with van der Waals surface area (Å²) in [6.45, 7) is 10.6. The van der Waals surface area contributed by atoms with Crippen LogP contribution in [0.15, 0.2) is 120 Å². The van der Waals surface area contributed by atoms with E-state index in [0.717, 1.165) is 46.8 Å². The number of Topliss-reactive ketones (excluding diaryl/α,β-unsaturated/α-hetero) is 1. The van der Waals surface area contributed by atoms with Gasteiger partial charge in [0.25, 0.3) is 11.8 Å². The van der Waals surface area contributed by atoms with Crippen molar-refractivity contribution in [3.8, 4) is 21.9 Å². The molecule has 2 aliphatic rings. The van der Waals surface area contributed by atoms with Gasteiger partial charge < -0.3 is 49.1 Å². The van der Waals surface area contributed by atoms with Gasteiger partial charge in [0, 0.05) is 104 Å². The smallest absolute Gasteiger partial charge is 0.330 e. The molecule has 0 saturated carbocycles. The summed E-state index contributed by atoms with van der Waals surface area (Å²) >= 11 is 2.58. The van der Waals surface area contributed by atoms with Gasteiger partial charge in [-0.15, -0.1) is 22.7 Å². The Labute approximate surface area is 513 Å². The maximum Gasteiger partial charge on any atom is 0.330 e. The van der Waals surface area contributed by atoms with Crippen molar-refractivity contribution in [2.45, 2.75) is 78.7 Å². The Morgan fingerprint density at radius 3 is 1.85 bits per heavy atom. The Balaban J connectivity index is 0.000000249. The van der Waals surface area contributed by atoms with Crippen LogP contribution in [0.25, 0.3) is 21.9 Å². The van der Waals surface area contributed by atoms with E-state index in [4.69, 9.17) is 9.26 Å². The number of thiazole rings is 1. The van der Waals surface area contributed by atoms with Crippen molar-refractivity contribution >= 4 is 76.0 Å². The molecule has 2 saturated heterocycles. The van der Waals surface area contributed by atoms with Gasteiger partial charge in [-0.05, 0) is 76.1 Å². The maximum atomic E-state index is 13.8. The van der Waals surface area contributed by atoms with Crippen molar-refractivity contribution in [2.75, 3.05) is 67.8 Å². The number of carbonyl (C=O) groups excluding carboxylic acids is 9. The Kier molecular flexibility index (Phi) is 31.2. The minimum absolute atomic E-state index is 0.0227. The second-order valence-electron chi connectivity index (χ2n) is 19.6. The number of nitrogens with one attached hydrogen (secondary N) is 3. The van der Waals surface area contributed by atoms with Gasteiger partial charge in [-0.2, -0.15) is 0 Å². The molecule has 2 fully saturated rings. The number of aromatic nitrogens is 2. The molecular weight excluding hydrogens is 1160 g/mol. The monoisotopic (exact) mass is 1240 g/mol. The van der Waals surface area contributed by atoms with Gasteiger partial charge >= 0.3 is 23.9 Å². The number of esters is 4. The maximum absolute atomic E-state index is 13.8. The van der Waals surface area contributed by atoms with Gasteiger partial charge in [0.2, 0.25) is 11.8 Å². The zero-order valence-corrected chi connectivity index (χ0v) is 51.7. The number of rotatable bonds is 22. The zero-order valence-electron chi connectivity index (χ0n) is 50.1. The number of hydrogen-bond donors (Lipinski definition) is 3. The number of ketones is 1. The van der Waals surface area contributed by atoms with Crippen LogP contribution in [0.4, 0.5) is 4.39 Å². The van der Waals surface area contributed by atoms with E-state index >= 15 is 0 Å². The minimum atomic E-state index is -0.491. The summed E-state index contributed by atoms with van der Waals surface area (Å²) in [5, 5.41) is 12.4. The molecule has 24 heteroatoms. The number of amides is 4. The van der Waals surface area contributed by atoms with Crippen LogP contribution >= 0.6 is 22.7 Å². The van der Waals surface area contributed by atoms with Gasteiger partial charge in [0.15, 0.2) is 11.5 Å². The molecule has 21 nitrogen and oxygen atoms in total. The van der Waals surface area contributed by atoms with Crippen LogP contribution < -0.4 is 16.0 Å². The molecule has 0 bridgehead atoms. The highest BCUT2D eigenvalue weighted by Crippen LogP contribution is 2.33. The number of benzene rings is 2. The van der Waals surface area contributed by atoms with Crippen molar-refractivity contribution in [3.63, 3.8) is 0 Å². The average molecular weight is 1240 g/mol. The highest BCUT2D eigenvalue weighted by Gasteiger charge is 2.27. The number of piperidine rings is 1. The van der Waals surface area contributed by atoms with Crippen LogP contribution in [-0.2, 0) is 52.5 Å². The van der Waals surface area contributed by atoms with E-state index in [1.54, 1.807) is 55.5 Å². The number of methoxy groups -OCH3 is 4. The molecule has 0 aliphatic carbocycles. The summed E-state index contributed by atoms with van der Waals surface area (Å²) in [4.78, 5) is 112. The average Bonchev–Trinajstić information content (AvgIpc) is 2.87. The van der Waals surface area contributed by atoms with Gasteiger partial charge in [-0.1, -0.05) is 85.3 Å². The minimum Gasteiger partial charge on any atom is -0.466 e. The van der Waals surface area contributed by atoms with E-state index in [1.807, 2.05) is 56.0 Å². The number of ether oxygens (including phenoxy) is 5. The molecule has 2 aliphatic heterocycles. The zero-order chi connectivity index (χ0) is 63.7. The summed E-state index contributed by atoms with van der Waals surface area (Å²) in [6, 6.07) is 19.4. The molecule has 1 unspecified atom stereocenters. The molecular formula is C63H75FN6O15S2. The van der Waals surface area contributed by atoms with E-state index in [9.17, 15) is 47.5 Å². The largest absolute Gasteiger partial charge is 0.466 e. The summed E-state index contributed by atoms with van der Waals surface area (Å²) in [7, 11) is 5.19. The third-order valence-electron chi connectivity index (χ3n) is 12.7. The molecule has 0 spiro atoms. The van der Waals surface area contributed by atoms with Crippen LogP contribution in [0.3, 0.4) is 0 Å². The molecule has 3 N–H and O–H groups in total. The summed E-state index contributed by atoms with van der Waals surface area (Å²) < 4.78 is 42.4. The second kappa shape index (κ2) is 38.3. The topological polar surface area (TPSA) is 278 Å². The number of carbonyl (C=O) groups is 9. The predicted molar refractivity (Wildman–Crippen MR) is 326 cm³/mol. The van der Waals surface area contributed by atoms with E-state index in [2.05, 4.69) is 45.0 Å². The lowest BCUT2D eigenvalue weighted by atomic mass is 9.95. The lowest BCUT2D eigenvalue weighted by Crippen LogP contribution is -2.43. The predicted octanol–water partition coefficient (Wildman–Crippen LogP) is 9.23. The first-order valence-electron chi connectivity index (χ1n) is 27.9. The summed E-state index contributed by atoms with van der Waals surface area (Å²) in [6.07, 6.45) is 16.2. The van der Waals surface area contributed by atoms with Crippen molar-refractivity contribution < 1.29 is 75.7 Å². The normalized spacial score (nSPS) is 13.9. The molecule has 1 atom stereocenters. The van der Waals surface area contributed by atoms with Crippen LogP contribution in [0.1, 0.15) is 111 Å². The number of likely N-dealkylation sites (tertiary alicyclic amines) is 1. The van der Waals surface area contributed by atoms with Crippen LogP contribution in [0.5, 0.6) is 0 Å². The number of aryl methyl sites for hydroxylation is 2. The van der Waals surface area contributed by atoms with Crippen molar-refractivity contribution in [3.05, 3.63) is 153 Å². The Bertz CT molecular complexity index is 3200. The van der Waals surface area contributed by atoms with Crippen LogP contribution in [-0.4, -0.2) is 136 Å². The second-order valence-corrected chi connectivity index (χ2v) is 21.8. The third kappa shape index (κ3) is 25.4. The lowest BCUT2D eigenvalue weighted by molar-refractivity contribution is -0.136. The Morgan fingerprint density at radius 2 is 1.29 bits per heavy atom. The number of thiophene rings is 1. The van der Waals surface area contributed by atoms with Crippen molar-refractivity contribution in [1.82, 2.24) is 31.0 Å². The Hall–Kier alpha value is -8.74. The molecule has 7 rings (SSSR count). The van der Waals surface area contributed by atoms with Gasteiger partial charge in [0.1, 0.15) is 21.4 Å². The first-order chi connectivity index (χ1) is 41.8. The fraction of sp³-hybridized carbons (Fsp3) is 0.381. The van der Waals surface area contributed by atoms with E-state index in [0.29, 0.717) is 95.3 Å². The number of nitrogens with zero attached hydrogens (tertiary/aromatic N) is 3. The van der Waals surface area contributed by atoms with Gasteiger partial charge in [-0.25, -0.2) is 28.6 Å². The van der Waals surface area contributed by atoms with E-state index in [1.165, 1.54) is 76.2 Å². The summed E-state index contributed by atoms with van der Waals surface area (Å²) in [5.41, 5.74) is 3.22. The van der Waals surface area contributed by atoms with Crippen molar-refractivity contribution in [2.24, 2.45) is 11.8 Å². The Morgan fingerprint density at radius 1 is 0.713 bits per heavy atom. The van der Waals surface area contributed by atoms with Crippen molar-refractivity contribution in [1.29, 1.82) is 0 Å². The quantitative estimate of drug-likeness (QED) is 0.0252. The molecule has 87 heavy (non-hydrogen) atoms. The SMILES string of the molecule is COC(=O)/C=C/CCC(=O)c1cc(-c2ccc(C)cc2)on1.COC(=O)/C=C/CNC(=O)C1CCN(C(=O)CC(C)C)CC1.COC(=O)/C=C/CNC(=O)c1ccc(C2CCCO2)s1.COC(=O)/C=C/CNC(=O)c1sc(-c2ccccc2F)nc1C. The standard InChI is InChI=1S/C17H17NO4.C16H15FN2O3S.C16H26N2O4.C14H17NO4S/c1-12-7-9-13(10-8-12)16-11-14(18-22-16)15(19)5-3-4-6-17(20)21-2;1-10-14(15(21)18-9-5-8-13(20)22-2)23-16(19-10)11-6-3-4-7-12(11)17;1-12(2)11-14(19)18-9-6-13(7-10-18)16(21)17-8-4-5-15(20)22-3;1-18-13(16)5-2-8-15-14(17)12-7-6-11(20-12)10-4-3-9-19-10/h4,6-11H,3,5H2,1-2H3;3-8H,9H2,1-2H3,(H,18,21);4-5,12-13H,6-11H2,1-3H3,(H,17,21);2,5-7,10H,3-4,8-9H2,1H3,(H,15,17)/b6-4+;8-5+;5-4+;5-2+. The number of hydrogen-bond acceptors (Lipinski definition) is 19. The molecule has 2 aromatic carbocycles. The van der Waals surface area contributed by atoms with Gasteiger partial charge in [-0.3, -0.25) is 24.0 Å². The highest BCUT2D eigenvalue weighted by atomic mass is 32.1. The fourth-order valence-electron chi connectivity index (χ4n) is 7.97.